The molecular formula is C11H9ClN2O. The van der Waals surface area contributed by atoms with Crippen LogP contribution in [0.4, 0.5) is 0 Å². The Morgan fingerprint density at radius 1 is 1.33 bits per heavy atom. The van der Waals surface area contributed by atoms with Crippen molar-refractivity contribution in [1.29, 1.82) is 10.5 Å². The lowest BCUT2D eigenvalue weighted by Crippen LogP contribution is -1.98. The van der Waals surface area contributed by atoms with Crippen molar-refractivity contribution in [3.05, 3.63) is 28.8 Å². The van der Waals surface area contributed by atoms with Crippen LogP contribution in [0.15, 0.2) is 18.2 Å². The number of benzene rings is 1. The van der Waals surface area contributed by atoms with E-state index in [-0.39, 0.29) is 0 Å². The first-order chi connectivity index (χ1) is 7.27. The summed E-state index contributed by atoms with van der Waals surface area (Å²) >= 11 is 5.77. The van der Waals surface area contributed by atoms with Crippen LogP contribution in [-0.4, -0.2) is 6.61 Å². The topological polar surface area (TPSA) is 56.8 Å². The Kier molecular flexibility index (Phi) is 4.47. The van der Waals surface area contributed by atoms with Crippen molar-refractivity contribution in [1.82, 2.24) is 0 Å². The van der Waals surface area contributed by atoms with E-state index in [0.29, 0.717) is 35.8 Å². The zero-order valence-electron chi connectivity index (χ0n) is 8.03. The van der Waals surface area contributed by atoms with Crippen LogP contribution in [0.2, 0.25) is 5.02 Å². The van der Waals surface area contributed by atoms with Crippen LogP contribution in [0, 0.1) is 22.7 Å². The number of ether oxygens (including phenoxy) is 1. The highest BCUT2D eigenvalue weighted by molar-refractivity contribution is 6.30. The number of nitriles is 2. The van der Waals surface area contributed by atoms with E-state index in [1.165, 1.54) is 0 Å². The van der Waals surface area contributed by atoms with Gasteiger partial charge in [0, 0.05) is 17.5 Å². The summed E-state index contributed by atoms with van der Waals surface area (Å²) in [6, 6.07) is 8.90. The normalized spacial score (nSPS) is 9.00. The first kappa shape index (κ1) is 11.4. The molecule has 0 radical (unpaired) electrons. The fraction of sp³-hybridized carbons (Fsp3) is 0.273. The number of nitrogens with zero attached hydrogens (tertiary/aromatic N) is 2. The average Bonchev–Trinajstić information content (AvgIpc) is 2.25. The highest BCUT2D eigenvalue weighted by Crippen LogP contribution is 2.22. The summed E-state index contributed by atoms with van der Waals surface area (Å²) in [5, 5.41) is 17.6. The molecule has 3 nitrogen and oxygen atoms in total. The molecule has 0 bridgehead atoms. The lowest BCUT2D eigenvalue weighted by molar-refractivity contribution is 0.312. The molecule has 1 aromatic carbocycles. The van der Waals surface area contributed by atoms with E-state index >= 15 is 0 Å². The Balaban J connectivity index is 2.64. The maximum atomic E-state index is 8.79. The molecule has 0 fully saturated rings. The first-order valence-corrected chi connectivity index (χ1v) is 4.85. The Hall–Kier alpha value is -1.71. The Morgan fingerprint density at radius 2 is 2.13 bits per heavy atom. The summed E-state index contributed by atoms with van der Waals surface area (Å²) in [5.74, 6) is 0.475. The standard InChI is InChI=1S/C11H9ClN2O/c12-10-4-3-9(8-14)11(7-10)15-6-2-1-5-13/h3-4,7H,1-2,6H2. The average molecular weight is 221 g/mol. The van der Waals surface area contributed by atoms with E-state index in [4.69, 9.17) is 26.9 Å². The molecule has 1 aromatic rings. The molecule has 0 unspecified atom stereocenters. The van der Waals surface area contributed by atoms with E-state index in [2.05, 4.69) is 0 Å². The smallest absolute Gasteiger partial charge is 0.138 e. The van der Waals surface area contributed by atoms with Gasteiger partial charge < -0.3 is 4.74 Å². The minimum Gasteiger partial charge on any atom is -0.492 e. The summed E-state index contributed by atoms with van der Waals surface area (Å²) in [7, 11) is 0. The van der Waals surface area contributed by atoms with Crippen LogP contribution in [0.5, 0.6) is 5.75 Å². The van der Waals surface area contributed by atoms with Gasteiger partial charge in [0.05, 0.1) is 18.2 Å². The molecule has 0 atom stereocenters. The van der Waals surface area contributed by atoms with Gasteiger partial charge in [-0.05, 0) is 18.6 Å². The second kappa shape index (κ2) is 5.90. The van der Waals surface area contributed by atoms with Crippen molar-refractivity contribution >= 4 is 11.6 Å². The molecule has 0 aromatic heterocycles. The van der Waals surface area contributed by atoms with Crippen LogP contribution in [0.3, 0.4) is 0 Å². The van der Waals surface area contributed by atoms with E-state index in [1.807, 2.05) is 12.1 Å². The minimum absolute atomic E-state index is 0.419. The highest BCUT2D eigenvalue weighted by Gasteiger charge is 2.03. The molecule has 0 N–H and O–H groups in total. The second-order valence-electron chi connectivity index (χ2n) is 2.86. The Labute approximate surface area is 93.5 Å². The van der Waals surface area contributed by atoms with Gasteiger partial charge in [-0.15, -0.1) is 0 Å². The highest BCUT2D eigenvalue weighted by atomic mass is 35.5. The van der Waals surface area contributed by atoms with Crippen molar-refractivity contribution in [2.45, 2.75) is 12.8 Å². The van der Waals surface area contributed by atoms with Gasteiger partial charge in [0.15, 0.2) is 0 Å². The van der Waals surface area contributed by atoms with Gasteiger partial charge >= 0.3 is 0 Å². The van der Waals surface area contributed by atoms with Crippen LogP contribution in [0.1, 0.15) is 18.4 Å². The lowest BCUT2D eigenvalue weighted by Gasteiger charge is -2.06. The quantitative estimate of drug-likeness (QED) is 0.733. The largest absolute Gasteiger partial charge is 0.492 e. The molecule has 15 heavy (non-hydrogen) atoms. The van der Waals surface area contributed by atoms with Gasteiger partial charge in [-0.3, -0.25) is 0 Å². The van der Waals surface area contributed by atoms with Gasteiger partial charge in [-0.2, -0.15) is 10.5 Å². The van der Waals surface area contributed by atoms with Crippen molar-refractivity contribution < 1.29 is 4.74 Å². The molecule has 0 spiro atoms. The molecule has 0 aliphatic heterocycles. The van der Waals surface area contributed by atoms with E-state index in [1.54, 1.807) is 18.2 Å². The van der Waals surface area contributed by atoms with Gasteiger partial charge in [0.2, 0.25) is 0 Å². The number of rotatable bonds is 4. The number of hydrogen-bond donors (Lipinski definition) is 0. The zero-order chi connectivity index (χ0) is 11.1. The Morgan fingerprint density at radius 3 is 2.80 bits per heavy atom. The summed E-state index contributed by atoms with van der Waals surface area (Å²) in [6.45, 7) is 0.419. The lowest BCUT2D eigenvalue weighted by atomic mass is 10.2. The second-order valence-corrected chi connectivity index (χ2v) is 3.30. The van der Waals surface area contributed by atoms with Gasteiger partial charge in [-0.1, -0.05) is 11.6 Å². The molecule has 0 amide bonds. The fourth-order valence-corrected chi connectivity index (χ4v) is 1.20. The van der Waals surface area contributed by atoms with Gasteiger partial charge in [-0.25, -0.2) is 0 Å². The number of halogens is 1. The van der Waals surface area contributed by atoms with Crippen molar-refractivity contribution in [3.8, 4) is 17.9 Å². The summed E-state index contributed by atoms with van der Waals surface area (Å²) in [4.78, 5) is 0. The van der Waals surface area contributed by atoms with Gasteiger partial charge in [0.25, 0.3) is 0 Å². The predicted molar refractivity (Wildman–Crippen MR) is 56.5 cm³/mol. The SMILES string of the molecule is N#CCCCOc1cc(Cl)ccc1C#N. The van der Waals surface area contributed by atoms with Gasteiger partial charge in [0.1, 0.15) is 11.8 Å². The molecular weight excluding hydrogens is 212 g/mol. The first-order valence-electron chi connectivity index (χ1n) is 4.47. The van der Waals surface area contributed by atoms with E-state index in [0.717, 1.165) is 0 Å². The van der Waals surface area contributed by atoms with Crippen molar-refractivity contribution in [2.24, 2.45) is 0 Å². The van der Waals surface area contributed by atoms with Crippen LogP contribution in [-0.2, 0) is 0 Å². The molecule has 76 valence electrons. The third-order valence-corrected chi connectivity index (χ3v) is 1.99. The van der Waals surface area contributed by atoms with Crippen LogP contribution in [0.25, 0.3) is 0 Å². The molecule has 0 aliphatic rings. The number of hydrogen-bond acceptors (Lipinski definition) is 3. The molecule has 4 heteroatoms. The predicted octanol–water partition coefficient (Wildman–Crippen LogP) is 2.89. The third-order valence-electron chi connectivity index (χ3n) is 1.75. The van der Waals surface area contributed by atoms with Crippen LogP contribution < -0.4 is 4.74 Å². The Bertz CT molecular complexity index is 418. The summed E-state index contributed by atoms with van der Waals surface area (Å²) in [6.07, 6.45) is 1.09. The monoisotopic (exact) mass is 220 g/mol. The number of unbranched alkanes of at least 4 members (excludes halogenated alkanes) is 1. The minimum atomic E-state index is 0.419. The maximum absolute atomic E-state index is 8.79. The van der Waals surface area contributed by atoms with E-state index in [9.17, 15) is 0 Å². The molecule has 1 rings (SSSR count). The van der Waals surface area contributed by atoms with E-state index < -0.39 is 0 Å². The molecule has 0 saturated heterocycles. The third kappa shape index (κ3) is 3.50. The molecule has 0 heterocycles. The summed E-state index contributed by atoms with van der Waals surface area (Å²) in [5.41, 5.74) is 0.455. The zero-order valence-corrected chi connectivity index (χ0v) is 8.79. The summed E-state index contributed by atoms with van der Waals surface area (Å²) < 4.78 is 5.35. The molecule has 0 aliphatic carbocycles. The van der Waals surface area contributed by atoms with Crippen molar-refractivity contribution in [2.75, 3.05) is 6.61 Å². The fourth-order valence-electron chi connectivity index (χ4n) is 1.04. The van der Waals surface area contributed by atoms with Crippen molar-refractivity contribution in [3.63, 3.8) is 0 Å². The molecule has 0 saturated carbocycles. The maximum Gasteiger partial charge on any atom is 0.138 e. The van der Waals surface area contributed by atoms with Crippen LogP contribution >= 0.6 is 11.6 Å².